The Hall–Kier alpha value is -3.32. The lowest BCUT2D eigenvalue weighted by molar-refractivity contribution is -0.121. The molecule has 0 spiro atoms. The van der Waals surface area contributed by atoms with Crippen LogP contribution in [0.2, 0.25) is 0 Å². The van der Waals surface area contributed by atoms with Crippen molar-refractivity contribution in [2.75, 3.05) is 18.0 Å². The fraction of sp³-hybridized carbons (Fsp3) is 0.269. The van der Waals surface area contributed by atoms with Crippen molar-refractivity contribution >= 4 is 21.6 Å². The molecule has 0 saturated carbocycles. The van der Waals surface area contributed by atoms with E-state index in [9.17, 15) is 13.2 Å². The number of benzene rings is 3. The molecular formula is C26H30N2O4S. The van der Waals surface area contributed by atoms with Crippen LogP contribution in [-0.4, -0.2) is 33.5 Å². The van der Waals surface area contributed by atoms with Crippen molar-refractivity contribution in [1.29, 1.82) is 0 Å². The molecule has 0 fully saturated rings. The molecular weight excluding hydrogens is 436 g/mol. The van der Waals surface area contributed by atoms with E-state index in [2.05, 4.69) is 5.32 Å². The second kappa shape index (κ2) is 10.1. The monoisotopic (exact) mass is 466 g/mol. The normalized spacial score (nSPS) is 11.6. The molecule has 0 aliphatic carbocycles. The molecule has 33 heavy (non-hydrogen) atoms. The lowest BCUT2D eigenvalue weighted by Crippen LogP contribution is -2.50. The smallest absolute Gasteiger partial charge is 0.264 e. The third kappa shape index (κ3) is 6.35. The van der Waals surface area contributed by atoms with Crippen LogP contribution in [0.5, 0.6) is 5.75 Å². The maximum absolute atomic E-state index is 13.5. The lowest BCUT2D eigenvalue weighted by Gasteiger charge is -2.29. The van der Waals surface area contributed by atoms with Gasteiger partial charge in [-0.1, -0.05) is 48.0 Å². The zero-order chi connectivity index (χ0) is 24.1. The number of nitrogens with zero attached hydrogens (tertiary/aromatic N) is 1. The first-order valence-electron chi connectivity index (χ1n) is 10.7. The van der Waals surface area contributed by atoms with Gasteiger partial charge in [-0.15, -0.1) is 0 Å². The first-order chi connectivity index (χ1) is 15.6. The highest BCUT2D eigenvalue weighted by molar-refractivity contribution is 7.92. The van der Waals surface area contributed by atoms with Gasteiger partial charge in [-0.05, 0) is 69.2 Å². The lowest BCUT2D eigenvalue weighted by atomic mass is 9.95. The summed E-state index contributed by atoms with van der Waals surface area (Å²) in [6.45, 7) is 5.38. The molecule has 3 rings (SSSR count). The molecule has 0 unspecified atom stereocenters. The van der Waals surface area contributed by atoms with Gasteiger partial charge in [0.05, 0.1) is 17.7 Å². The molecule has 6 nitrogen and oxygen atoms in total. The van der Waals surface area contributed by atoms with E-state index in [1.54, 1.807) is 48.5 Å². The number of methoxy groups -OCH3 is 1. The largest absolute Gasteiger partial charge is 0.497 e. The van der Waals surface area contributed by atoms with Crippen LogP contribution in [0.15, 0.2) is 83.8 Å². The predicted molar refractivity (Wildman–Crippen MR) is 131 cm³/mol. The van der Waals surface area contributed by atoms with Gasteiger partial charge in [0.2, 0.25) is 5.91 Å². The summed E-state index contributed by atoms with van der Waals surface area (Å²) in [4.78, 5) is 13.2. The number of rotatable bonds is 9. The summed E-state index contributed by atoms with van der Waals surface area (Å²) in [6, 6.07) is 23.0. The summed E-state index contributed by atoms with van der Waals surface area (Å²) in [5.74, 6) is 0.210. The van der Waals surface area contributed by atoms with Crippen LogP contribution in [0.1, 0.15) is 25.0 Å². The summed E-state index contributed by atoms with van der Waals surface area (Å²) in [5.41, 5.74) is 1.86. The van der Waals surface area contributed by atoms with Crippen LogP contribution < -0.4 is 14.4 Å². The van der Waals surface area contributed by atoms with E-state index in [1.165, 1.54) is 7.11 Å². The number of nitrogens with one attached hydrogen (secondary N) is 1. The minimum absolute atomic E-state index is 0.125. The zero-order valence-electron chi connectivity index (χ0n) is 19.4. The molecule has 174 valence electrons. The number of ether oxygens (including phenoxy) is 1. The van der Waals surface area contributed by atoms with Crippen LogP contribution in [0.4, 0.5) is 5.69 Å². The van der Waals surface area contributed by atoms with E-state index < -0.39 is 15.6 Å². The van der Waals surface area contributed by atoms with Crippen molar-refractivity contribution < 1.29 is 17.9 Å². The average Bonchev–Trinajstić information content (AvgIpc) is 2.78. The van der Waals surface area contributed by atoms with Crippen molar-refractivity contribution in [3.63, 3.8) is 0 Å². The van der Waals surface area contributed by atoms with Gasteiger partial charge < -0.3 is 10.1 Å². The summed E-state index contributed by atoms with van der Waals surface area (Å²) in [6.07, 6.45) is 0.618. The first-order valence-corrected chi connectivity index (χ1v) is 12.1. The first kappa shape index (κ1) is 24.3. The number of hydrogen-bond donors (Lipinski definition) is 1. The average molecular weight is 467 g/mol. The van der Waals surface area contributed by atoms with Crippen molar-refractivity contribution in [2.45, 2.75) is 37.6 Å². The predicted octanol–water partition coefficient (Wildman–Crippen LogP) is 4.34. The van der Waals surface area contributed by atoms with E-state index in [0.29, 0.717) is 17.9 Å². The Morgan fingerprint density at radius 1 is 0.939 bits per heavy atom. The van der Waals surface area contributed by atoms with Gasteiger partial charge in [0.1, 0.15) is 12.3 Å². The van der Waals surface area contributed by atoms with Gasteiger partial charge in [-0.25, -0.2) is 8.42 Å². The highest BCUT2D eigenvalue weighted by Gasteiger charge is 2.29. The van der Waals surface area contributed by atoms with E-state index in [1.807, 2.05) is 51.1 Å². The van der Waals surface area contributed by atoms with Gasteiger partial charge in [0, 0.05) is 5.54 Å². The Kier molecular flexibility index (Phi) is 7.43. The molecule has 3 aromatic rings. The molecule has 0 aliphatic rings. The zero-order valence-corrected chi connectivity index (χ0v) is 20.2. The van der Waals surface area contributed by atoms with Crippen LogP contribution in [0, 0.1) is 6.92 Å². The number of amides is 1. The number of aryl methyl sites for hydroxylation is 1. The molecule has 0 heterocycles. The molecule has 1 amide bonds. The van der Waals surface area contributed by atoms with Gasteiger partial charge in [0.25, 0.3) is 10.0 Å². The minimum atomic E-state index is -3.97. The number of carbonyl (C=O) groups excluding carboxylic acids is 1. The molecule has 0 aliphatic heterocycles. The van der Waals surface area contributed by atoms with Crippen LogP contribution in [0.25, 0.3) is 0 Å². The molecule has 0 atom stereocenters. The van der Waals surface area contributed by atoms with Gasteiger partial charge in [-0.3, -0.25) is 9.10 Å². The molecule has 7 heteroatoms. The van der Waals surface area contributed by atoms with Crippen molar-refractivity contribution in [3.05, 3.63) is 90.0 Å². The minimum Gasteiger partial charge on any atom is -0.497 e. The Labute approximate surface area is 196 Å². The molecule has 0 radical (unpaired) electrons. The second-order valence-electron chi connectivity index (χ2n) is 8.62. The molecule has 1 N–H and O–H groups in total. The van der Waals surface area contributed by atoms with Crippen molar-refractivity contribution in [2.24, 2.45) is 0 Å². The summed E-state index contributed by atoms with van der Waals surface area (Å²) < 4.78 is 33.3. The maximum atomic E-state index is 13.5. The second-order valence-corrected chi connectivity index (χ2v) is 10.5. The fourth-order valence-electron chi connectivity index (χ4n) is 3.60. The molecule has 0 bridgehead atoms. The van der Waals surface area contributed by atoms with E-state index >= 15 is 0 Å². The molecule has 0 saturated heterocycles. The van der Waals surface area contributed by atoms with E-state index in [0.717, 1.165) is 15.4 Å². The van der Waals surface area contributed by atoms with Crippen LogP contribution in [-0.2, 0) is 21.2 Å². The maximum Gasteiger partial charge on any atom is 0.264 e. The van der Waals surface area contributed by atoms with Gasteiger partial charge >= 0.3 is 0 Å². The standard InChI is InChI=1S/C26H30N2O4S/c1-20-10-16-24(17-11-20)33(30,31)28(22-12-14-23(32-4)15-13-22)19-25(29)27-26(2,3)18-21-8-6-5-7-9-21/h5-17H,18-19H2,1-4H3,(H,27,29). The molecule has 3 aromatic carbocycles. The topological polar surface area (TPSA) is 75.7 Å². The summed E-state index contributed by atoms with van der Waals surface area (Å²) >= 11 is 0. The number of sulfonamides is 1. The van der Waals surface area contributed by atoms with E-state index in [4.69, 9.17) is 4.74 Å². The van der Waals surface area contributed by atoms with Gasteiger partial charge in [-0.2, -0.15) is 0 Å². The highest BCUT2D eigenvalue weighted by Crippen LogP contribution is 2.26. The Bertz CT molecular complexity index is 1170. The molecule has 0 aromatic heterocycles. The third-order valence-electron chi connectivity index (χ3n) is 5.22. The quantitative estimate of drug-likeness (QED) is 0.509. The number of anilines is 1. The van der Waals surface area contributed by atoms with E-state index in [-0.39, 0.29) is 17.3 Å². The Morgan fingerprint density at radius 3 is 2.12 bits per heavy atom. The third-order valence-corrected chi connectivity index (χ3v) is 7.01. The van der Waals surface area contributed by atoms with Crippen molar-refractivity contribution in [1.82, 2.24) is 5.32 Å². The SMILES string of the molecule is COc1ccc(N(CC(=O)NC(C)(C)Cc2ccccc2)S(=O)(=O)c2ccc(C)cc2)cc1. The summed E-state index contributed by atoms with van der Waals surface area (Å²) in [5, 5.41) is 2.99. The van der Waals surface area contributed by atoms with Crippen LogP contribution in [0.3, 0.4) is 0 Å². The van der Waals surface area contributed by atoms with Crippen LogP contribution >= 0.6 is 0 Å². The van der Waals surface area contributed by atoms with Gasteiger partial charge in [0.15, 0.2) is 0 Å². The Balaban J connectivity index is 1.87. The summed E-state index contributed by atoms with van der Waals surface area (Å²) in [7, 11) is -2.43. The number of hydrogen-bond acceptors (Lipinski definition) is 4. The number of carbonyl (C=O) groups is 1. The Morgan fingerprint density at radius 2 is 1.55 bits per heavy atom. The highest BCUT2D eigenvalue weighted by atomic mass is 32.2. The fourth-order valence-corrected chi connectivity index (χ4v) is 5.02. The van der Waals surface area contributed by atoms with Crippen molar-refractivity contribution in [3.8, 4) is 5.75 Å².